The number of carbonyl (C=O) groups is 2. The maximum Gasteiger partial charge on any atom is 0.390 e. The van der Waals surface area contributed by atoms with Gasteiger partial charge in [0.25, 0.3) is 5.91 Å². The van der Waals surface area contributed by atoms with Crippen LogP contribution in [0, 0.1) is 5.41 Å². The van der Waals surface area contributed by atoms with Gasteiger partial charge in [0, 0.05) is 30.2 Å². The van der Waals surface area contributed by atoms with Crippen molar-refractivity contribution in [1.82, 2.24) is 20.4 Å². The van der Waals surface area contributed by atoms with Crippen molar-refractivity contribution < 1.29 is 22.8 Å². The first kappa shape index (κ1) is 19.0. The van der Waals surface area contributed by atoms with Crippen LogP contribution in [-0.4, -0.2) is 45.7 Å². The summed E-state index contributed by atoms with van der Waals surface area (Å²) in [4.78, 5) is 23.9. The van der Waals surface area contributed by atoms with E-state index in [9.17, 15) is 22.8 Å². The van der Waals surface area contributed by atoms with Crippen LogP contribution < -0.4 is 10.6 Å². The van der Waals surface area contributed by atoms with Gasteiger partial charge in [-0.15, -0.1) is 11.6 Å². The lowest BCUT2D eigenvalue weighted by Gasteiger charge is -2.61. The summed E-state index contributed by atoms with van der Waals surface area (Å²) < 4.78 is 37.9. The molecule has 2 unspecified atom stereocenters. The molecule has 2 amide bonds. The lowest BCUT2D eigenvalue weighted by atomic mass is 9.49. The van der Waals surface area contributed by atoms with Crippen LogP contribution in [-0.2, 0) is 11.3 Å². The Morgan fingerprint density at radius 1 is 1.31 bits per heavy atom. The van der Waals surface area contributed by atoms with Gasteiger partial charge in [-0.1, -0.05) is 6.42 Å². The molecule has 3 rings (SSSR count). The molecule has 2 atom stereocenters. The van der Waals surface area contributed by atoms with Crippen molar-refractivity contribution in [2.24, 2.45) is 5.41 Å². The lowest BCUT2D eigenvalue weighted by Crippen LogP contribution is -2.71. The second-order valence-electron chi connectivity index (χ2n) is 6.96. The Morgan fingerprint density at radius 2 is 2.00 bits per heavy atom. The number of aromatic nitrogens is 2. The molecular weight excluding hydrogens is 373 g/mol. The Kier molecular flexibility index (Phi) is 5.18. The Balaban J connectivity index is 1.56. The second-order valence-corrected chi connectivity index (χ2v) is 7.23. The Labute approximate surface area is 153 Å². The molecule has 10 heteroatoms. The Bertz CT molecular complexity index is 687. The molecule has 0 saturated heterocycles. The van der Waals surface area contributed by atoms with Gasteiger partial charge in [0.05, 0.1) is 18.2 Å². The predicted octanol–water partition coefficient (Wildman–Crippen LogP) is 2.23. The first-order chi connectivity index (χ1) is 12.2. The number of rotatable bonds is 6. The number of alkyl halides is 4. The van der Waals surface area contributed by atoms with Gasteiger partial charge in [-0.3, -0.25) is 14.3 Å². The van der Waals surface area contributed by atoms with E-state index in [0.717, 1.165) is 23.9 Å². The van der Waals surface area contributed by atoms with Crippen molar-refractivity contribution in [3.8, 4) is 0 Å². The molecule has 0 bridgehead atoms. The summed E-state index contributed by atoms with van der Waals surface area (Å²) in [6.45, 7) is -0.323. The van der Waals surface area contributed by atoms with Gasteiger partial charge in [-0.25, -0.2) is 0 Å². The van der Waals surface area contributed by atoms with E-state index in [-0.39, 0.29) is 47.3 Å². The molecule has 1 spiro atoms. The van der Waals surface area contributed by atoms with Crippen LogP contribution in [0.1, 0.15) is 42.5 Å². The fourth-order valence-corrected chi connectivity index (χ4v) is 3.87. The van der Waals surface area contributed by atoms with E-state index in [1.54, 1.807) is 0 Å². The third-order valence-electron chi connectivity index (χ3n) is 5.43. The molecule has 2 fully saturated rings. The van der Waals surface area contributed by atoms with Gasteiger partial charge in [0.1, 0.15) is 5.88 Å². The zero-order valence-electron chi connectivity index (χ0n) is 14.0. The van der Waals surface area contributed by atoms with Crippen LogP contribution in [0.15, 0.2) is 12.4 Å². The summed E-state index contributed by atoms with van der Waals surface area (Å²) in [5.74, 6) is -0.680. The monoisotopic (exact) mass is 392 g/mol. The fraction of sp³-hybridized carbons (Fsp3) is 0.688. The molecule has 1 aromatic rings. The number of amides is 2. The molecule has 2 aliphatic rings. The molecule has 26 heavy (non-hydrogen) atoms. The lowest BCUT2D eigenvalue weighted by molar-refractivity contribution is -0.137. The van der Waals surface area contributed by atoms with Gasteiger partial charge in [-0.2, -0.15) is 18.3 Å². The fourth-order valence-electron chi connectivity index (χ4n) is 3.79. The van der Waals surface area contributed by atoms with Gasteiger partial charge in [0.15, 0.2) is 0 Å². The third kappa shape index (κ3) is 3.82. The summed E-state index contributed by atoms with van der Waals surface area (Å²) in [5, 5.41) is 9.64. The van der Waals surface area contributed by atoms with Gasteiger partial charge in [-0.05, 0) is 19.3 Å². The van der Waals surface area contributed by atoms with Crippen molar-refractivity contribution in [3.63, 3.8) is 0 Å². The molecule has 2 N–H and O–H groups in total. The third-order valence-corrected chi connectivity index (χ3v) is 5.67. The number of hydrogen-bond donors (Lipinski definition) is 2. The van der Waals surface area contributed by atoms with Gasteiger partial charge in [0.2, 0.25) is 5.91 Å². The van der Waals surface area contributed by atoms with Crippen LogP contribution in [0.5, 0.6) is 0 Å². The average Bonchev–Trinajstić information content (AvgIpc) is 2.98. The van der Waals surface area contributed by atoms with Crippen LogP contribution in [0.25, 0.3) is 0 Å². The molecule has 0 radical (unpaired) electrons. The number of halogens is 4. The van der Waals surface area contributed by atoms with Crippen molar-refractivity contribution in [2.75, 3.05) is 5.88 Å². The molecule has 6 nitrogen and oxygen atoms in total. The van der Waals surface area contributed by atoms with Crippen molar-refractivity contribution in [2.45, 2.75) is 56.9 Å². The van der Waals surface area contributed by atoms with E-state index in [2.05, 4.69) is 15.7 Å². The number of hydrogen-bond acceptors (Lipinski definition) is 3. The number of nitrogens with zero attached hydrogens (tertiary/aromatic N) is 2. The maximum atomic E-state index is 12.4. The first-order valence-corrected chi connectivity index (χ1v) is 9.02. The minimum atomic E-state index is -4.26. The largest absolute Gasteiger partial charge is 0.390 e. The quantitative estimate of drug-likeness (QED) is 0.729. The first-order valence-electron chi connectivity index (χ1n) is 8.49. The Morgan fingerprint density at radius 3 is 2.58 bits per heavy atom. The Hall–Kier alpha value is -1.77. The molecule has 2 saturated carbocycles. The van der Waals surface area contributed by atoms with Crippen LogP contribution in [0.4, 0.5) is 13.2 Å². The van der Waals surface area contributed by atoms with Crippen LogP contribution in [0.3, 0.4) is 0 Å². The average molecular weight is 393 g/mol. The molecule has 2 aliphatic carbocycles. The topological polar surface area (TPSA) is 76.0 Å². The highest BCUT2D eigenvalue weighted by atomic mass is 35.5. The molecule has 0 aliphatic heterocycles. The van der Waals surface area contributed by atoms with E-state index in [4.69, 9.17) is 11.6 Å². The smallest absolute Gasteiger partial charge is 0.352 e. The van der Waals surface area contributed by atoms with Gasteiger partial charge >= 0.3 is 6.18 Å². The number of aryl methyl sites for hydroxylation is 1. The molecule has 0 aromatic carbocycles. The molecule has 1 aromatic heterocycles. The highest BCUT2D eigenvalue weighted by molar-refractivity contribution is 6.27. The highest BCUT2D eigenvalue weighted by Crippen LogP contribution is 2.56. The normalized spacial score (nSPS) is 23.8. The summed E-state index contributed by atoms with van der Waals surface area (Å²) >= 11 is 5.53. The van der Waals surface area contributed by atoms with Gasteiger partial charge < -0.3 is 10.6 Å². The van der Waals surface area contributed by atoms with Crippen LogP contribution in [0.2, 0.25) is 0 Å². The minimum Gasteiger partial charge on any atom is -0.352 e. The summed E-state index contributed by atoms with van der Waals surface area (Å²) in [6.07, 6.45) is 0.810. The minimum absolute atomic E-state index is 0.00214. The number of carbonyl (C=O) groups excluding carboxylic acids is 2. The second kappa shape index (κ2) is 7.09. The molecular formula is C16H20ClF3N4O2. The molecule has 1 heterocycles. The van der Waals surface area contributed by atoms with Crippen molar-refractivity contribution in [1.29, 1.82) is 0 Å². The van der Waals surface area contributed by atoms with E-state index >= 15 is 0 Å². The van der Waals surface area contributed by atoms with Crippen molar-refractivity contribution >= 4 is 23.4 Å². The van der Waals surface area contributed by atoms with E-state index in [0.29, 0.717) is 6.42 Å². The number of nitrogens with one attached hydrogen (secondary N) is 2. The van der Waals surface area contributed by atoms with E-state index in [1.165, 1.54) is 12.4 Å². The summed E-state index contributed by atoms with van der Waals surface area (Å²) in [6, 6.07) is -0.0646. The predicted molar refractivity (Wildman–Crippen MR) is 87.7 cm³/mol. The molecule has 144 valence electrons. The zero-order chi connectivity index (χ0) is 18.9. The maximum absolute atomic E-state index is 12.4. The standard InChI is InChI=1S/C16H20ClF3N4O2/c17-7-13(25)22-11-6-12(15(11)2-1-3-15)23-14(26)10-8-21-24(9-10)5-4-16(18,19)20/h8-9,11-12H,1-7H2,(H,22,25)(H,23,26). The van der Waals surface area contributed by atoms with Crippen molar-refractivity contribution in [3.05, 3.63) is 18.0 Å². The van der Waals surface area contributed by atoms with E-state index < -0.39 is 12.6 Å². The highest BCUT2D eigenvalue weighted by Gasteiger charge is 2.59. The SMILES string of the molecule is O=C(CCl)NC1CC(NC(=O)c2cnn(CCC(F)(F)F)c2)C12CCC2. The summed E-state index contributed by atoms with van der Waals surface area (Å²) in [7, 11) is 0. The van der Waals surface area contributed by atoms with Crippen LogP contribution >= 0.6 is 11.6 Å². The summed E-state index contributed by atoms with van der Waals surface area (Å²) in [5.41, 5.74) is 0.0961. The van der Waals surface area contributed by atoms with E-state index in [1.807, 2.05) is 0 Å². The zero-order valence-corrected chi connectivity index (χ0v) is 14.7.